The number of halogens is 1. The van der Waals surface area contributed by atoms with Crippen LogP contribution in [-0.4, -0.2) is 30.5 Å². The number of nitrogens with zero attached hydrogens (tertiary/aromatic N) is 1. The van der Waals surface area contributed by atoms with Crippen LogP contribution in [0, 0.1) is 15.9 Å². The van der Waals surface area contributed by atoms with Gasteiger partial charge in [0.25, 0.3) is 5.91 Å². The third kappa shape index (κ3) is 4.74. The van der Waals surface area contributed by atoms with Crippen LogP contribution < -0.4 is 10.1 Å². The van der Waals surface area contributed by atoms with Crippen molar-refractivity contribution in [2.75, 3.05) is 19.0 Å². The number of carbonyl (C=O) groups excluding carboxylic acids is 2. The molecule has 2 aromatic rings. The van der Waals surface area contributed by atoms with E-state index in [1.54, 1.807) is 6.07 Å². The van der Waals surface area contributed by atoms with Crippen molar-refractivity contribution in [3.63, 3.8) is 0 Å². The molecule has 0 saturated carbocycles. The first-order chi connectivity index (χ1) is 11.9. The van der Waals surface area contributed by atoms with Gasteiger partial charge in [-0.3, -0.25) is 14.9 Å². The van der Waals surface area contributed by atoms with Crippen LogP contribution >= 0.6 is 0 Å². The van der Waals surface area contributed by atoms with Crippen LogP contribution in [0.4, 0.5) is 15.8 Å². The smallest absolute Gasteiger partial charge is 0.337 e. The summed E-state index contributed by atoms with van der Waals surface area (Å²) in [6.45, 7) is -0.577. The zero-order valence-corrected chi connectivity index (χ0v) is 13.0. The number of esters is 1. The molecule has 0 fully saturated rings. The maximum absolute atomic E-state index is 13.2. The number of benzene rings is 2. The topological polar surface area (TPSA) is 108 Å². The highest BCUT2D eigenvalue weighted by atomic mass is 19.1. The van der Waals surface area contributed by atoms with E-state index in [4.69, 9.17) is 4.74 Å². The summed E-state index contributed by atoms with van der Waals surface area (Å²) in [5.74, 6) is -2.29. The molecule has 8 nitrogen and oxygen atoms in total. The standard InChI is InChI=1S/C16H13FN2O6/c1-24-16(21)10-3-2-4-12(7-10)18-15(20)9-25-14-8-11(17)5-6-13(14)19(22)23/h2-8H,9H2,1H3,(H,18,20). The number of hydrogen-bond donors (Lipinski definition) is 1. The molecule has 130 valence electrons. The van der Waals surface area contributed by atoms with Crippen LogP contribution in [0.1, 0.15) is 10.4 Å². The molecule has 0 aliphatic rings. The summed E-state index contributed by atoms with van der Waals surface area (Å²) in [6, 6.07) is 8.67. The van der Waals surface area contributed by atoms with E-state index in [9.17, 15) is 24.1 Å². The van der Waals surface area contributed by atoms with Crippen molar-refractivity contribution >= 4 is 23.3 Å². The fourth-order valence-corrected chi connectivity index (χ4v) is 1.94. The number of rotatable bonds is 6. The Balaban J connectivity index is 2.03. The number of amides is 1. The third-order valence-corrected chi connectivity index (χ3v) is 3.04. The predicted molar refractivity (Wildman–Crippen MR) is 85.0 cm³/mol. The first kappa shape index (κ1) is 17.9. The van der Waals surface area contributed by atoms with E-state index in [1.807, 2.05) is 0 Å². The summed E-state index contributed by atoms with van der Waals surface area (Å²) in [4.78, 5) is 33.4. The Morgan fingerprint density at radius 1 is 1.24 bits per heavy atom. The fraction of sp³-hybridized carbons (Fsp3) is 0.125. The molecule has 0 aliphatic heterocycles. The SMILES string of the molecule is COC(=O)c1cccc(NC(=O)COc2cc(F)ccc2[N+](=O)[O-])c1. The average molecular weight is 348 g/mol. The zero-order valence-electron chi connectivity index (χ0n) is 13.0. The lowest BCUT2D eigenvalue weighted by Crippen LogP contribution is -2.20. The maximum atomic E-state index is 13.2. The summed E-state index contributed by atoms with van der Waals surface area (Å²) in [6.07, 6.45) is 0. The van der Waals surface area contributed by atoms with Crippen molar-refractivity contribution in [3.8, 4) is 5.75 Å². The van der Waals surface area contributed by atoms with Gasteiger partial charge in [0.05, 0.1) is 17.6 Å². The molecule has 2 aromatic carbocycles. The van der Waals surface area contributed by atoms with Crippen LogP contribution in [0.3, 0.4) is 0 Å². The first-order valence-corrected chi connectivity index (χ1v) is 6.95. The highest BCUT2D eigenvalue weighted by molar-refractivity contribution is 5.95. The minimum absolute atomic E-state index is 0.238. The molecule has 1 N–H and O–H groups in total. The lowest BCUT2D eigenvalue weighted by molar-refractivity contribution is -0.385. The second-order valence-electron chi connectivity index (χ2n) is 4.78. The molecule has 0 spiro atoms. The van der Waals surface area contributed by atoms with Gasteiger partial charge in [-0.2, -0.15) is 0 Å². The molecule has 25 heavy (non-hydrogen) atoms. The Bertz CT molecular complexity index is 824. The number of methoxy groups -OCH3 is 1. The second kappa shape index (κ2) is 7.86. The predicted octanol–water partition coefficient (Wildman–Crippen LogP) is 2.54. The quantitative estimate of drug-likeness (QED) is 0.488. The van der Waals surface area contributed by atoms with E-state index in [2.05, 4.69) is 10.1 Å². The highest BCUT2D eigenvalue weighted by Crippen LogP contribution is 2.27. The van der Waals surface area contributed by atoms with Gasteiger partial charge in [-0.15, -0.1) is 0 Å². The fourth-order valence-electron chi connectivity index (χ4n) is 1.94. The summed E-state index contributed by atoms with van der Waals surface area (Å²) < 4.78 is 22.8. The lowest BCUT2D eigenvalue weighted by atomic mass is 10.2. The van der Waals surface area contributed by atoms with Crippen molar-refractivity contribution in [2.45, 2.75) is 0 Å². The molecule has 0 aliphatic carbocycles. The summed E-state index contributed by atoms with van der Waals surface area (Å²) >= 11 is 0. The van der Waals surface area contributed by atoms with E-state index < -0.39 is 34.9 Å². The normalized spacial score (nSPS) is 10.0. The highest BCUT2D eigenvalue weighted by Gasteiger charge is 2.17. The molecule has 2 rings (SSSR count). The molecule has 1 amide bonds. The zero-order chi connectivity index (χ0) is 18.4. The monoisotopic (exact) mass is 348 g/mol. The minimum Gasteiger partial charge on any atom is -0.477 e. The van der Waals surface area contributed by atoms with E-state index >= 15 is 0 Å². The Kier molecular flexibility index (Phi) is 5.62. The molecule has 0 bridgehead atoms. The van der Waals surface area contributed by atoms with Crippen LogP contribution in [0.2, 0.25) is 0 Å². The van der Waals surface area contributed by atoms with Crippen LogP contribution in [0.25, 0.3) is 0 Å². The molecule has 9 heteroatoms. The molecule has 0 aromatic heterocycles. The number of hydrogen-bond acceptors (Lipinski definition) is 6. The van der Waals surface area contributed by atoms with Crippen molar-refractivity contribution in [1.82, 2.24) is 0 Å². The summed E-state index contributed by atoms with van der Waals surface area (Å²) in [5, 5.41) is 13.3. The first-order valence-electron chi connectivity index (χ1n) is 6.95. The van der Waals surface area contributed by atoms with Crippen LogP contribution in [-0.2, 0) is 9.53 Å². The van der Waals surface area contributed by atoms with Gasteiger partial charge in [-0.25, -0.2) is 9.18 Å². The van der Waals surface area contributed by atoms with Crippen molar-refractivity contribution in [3.05, 3.63) is 64.0 Å². The van der Waals surface area contributed by atoms with E-state index in [-0.39, 0.29) is 11.3 Å². The van der Waals surface area contributed by atoms with Crippen LogP contribution in [0.5, 0.6) is 5.75 Å². The number of nitrogens with one attached hydrogen (secondary N) is 1. The van der Waals surface area contributed by atoms with Gasteiger partial charge in [0.2, 0.25) is 5.75 Å². The van der Waals surface area contributed by atoms with Gasteiger partial charge < -0.3 is 14.8 Å². The number of ether oxygens (including phenoxy) is 2. The van der Waals surface area contributed by atoms with Crippen LogP contribution in [0.15, 0.2) is 42.5 Å². The summed E-state index contributed by atoms with van der Waals surface area (Å²) in [7, 11) is 1.23. The number of nitro groups is 1. The molecule has 0 radical (unpaired) electrons. The van der Waals surface area contributed by atoms with Crippen molar-refractivity contribution in [1.29, 1.82) is 0 Å². The molecule has 0 unspecified atom stereocenters. The third-order valence-electron chi connectivity index (χ3n) is 3.04. The number of anilines is 1. The Morgan fingerprint density at radius 2 is 2.00 bits per heavy atom. The van der Waals surface area contributed by atoms with E-state index in [1.165, 1.54) is 25.3 Å². The van der Waals surface area contributed by atoms with Gasteiger partial charge >= 0.3 is 11.7 Å². The van der Waals surface area contributed by atoms with Crippen molar-refractivity contribution < 1.29 is 28.4 Å². The molecule has 0 atom stereocenters. The van der Waals surface area contributed by atoms with Gasteiger partial charge in [0.15, 0.2) is 6.61 Å². The van der Waals surface area contributed by atoms with Gasteiger partial charge in [-0.05, 0) is 24.3 Å². The van der Waals surface area contributed by atoms with Crippen molar-refractivity contribution in [2.24, 2.45) is 0 Å². The summed E-state index contributed by atoms with van der Waals surface area (Å²) in [5.41, 5.74) is 0.0918. The average Bonchev–Trinajstić information content (AvgIpc) is 2.59. The van der Waals surface area contributed by atoms with Gasteiger partial charge in [-0.1, -0.05) is 6.07 Å². The minimum atomic E-state index is -0.744. The molecular formula is C16H13FN2O6. The second-order valence-corrected chi connectivity index (χ2v) is 4.78. The van der Waals surface area contributed by atoms with Gasteiger partial charge in [0, 0.05) is 17.8 Å². The number of carbonyl (C=O) groups is 2. The Hall–Kier alpha value is -3.49. The van der Waals surface area contributed by atoms with E-state index in [0.717, 1.165) is 18.2 Å². The lowest BCUT2D eigenvalue weighted by Gasteiger charge is -2.09. The molecule has 0 heterocycles. The van der Waals surface area contributed by atoms with Gasteiger partial charge in [0.1, 0.15) is 5.82 Å². The molecular weight excluding hydrogens is 335 g/mol. The molecule has 0 saturated heterocycles. The number of nitro benzene ring substituents is 1. The Morgan fingerprint density at radius 3 is 2.68 bits per heavy atom. The van der Waals surface area contributed by atoms with E-state index in [0.29, 0.717) is 5.69 Å². The Labute approximate surface area is 141 Å². The maximum Gasteiger partial charge on any atom is 0.337 e. The largest absolute Gasteiger partial charge is 0.477 e.